The van der Waals surface area contributed by atoms with Gasteiger partial charge < -0.3 is 0 Å². The van der Waals surface area contributed by atoms with Crippen LogP contribution in [-0.4, -0.2) is 11.5 Å². The zero-order valence-corrected chi connectivity index (χ0v) is 12.3. The molecule has 0 nitrogen and oxygen atoms in total. The van der Waals surface area contributed by atoms with E-state index in [4.69, 9.17) is 0 Å². The maximum absolute atomic E-state index is 2.01. The highest BCUT2D eigenvalue weighted by Gasteiger charge is 1.98. The summed E-state index contributed by atoms with van der Waals surface area (Å²) in [5.41, 5.74) is 0. The van der Waals surface area contributed by atoms with Gasteiger partial charge in [0.05, 0.1) is 0 Å². The molecule has 0 aromatic heterocycles. The lowest BCUT2D eigenvalue weighted by Gasteiger charge is -1.98. The molecule has 0 aromatic rings. The Labute approximate surface area is 104 Å². The highest BCUT2D eigenvalue weighted by Crippen LogP contribution is 2.52. The Hall–Kier alpha value is 2.10. The lowest BCUT2D eigenvalue weighted by molar-refractivity contribution is 0.663. The largest absolute Gasteiger partial charge is 0.0817 e. The predicted molar refractivity (Wildman–Crippen MR) is 78.4 cm³/mol. The van der Waals surface area contributed by atoms with Crippen LogP contribution in [-0.2, 0) is 0 Å². The fourth-order valence-corrected chi connectivity index (χ4v) is 12.7. The minimum Gasteiger partial charge on any atom is -0.0817 e. The van der Waals surface area contributed by atoms with Gasteiger partial charge in [0.25, 0.3) is 0 Å². The molecule has 1 aliphatic rings. The molecule has 0 aliphatic carbocycles. The van der Waals surface area contributed by atoms with E-state index in [1.165, 1.54) is 43.6 Å². The molecule has 78 valence electrons. The lowest BCUT2D eigenvalue weighted by Crippen LogP contribution is -1.82. The Bertz CT molecular complexity index is 61.1. The van der Waals surface area contributed by atoms with Crippen molar-refractivity contribution in [3.05, 3.63) is 0 Å². The van der Waals surface area contributed by atoms with Crippen LogP contribution in [0.25, 0.3) is 0 Å². The van der Waals surface area contributed by atoms with E-state index in [1.807, 2.05) is 60.9 Å². The second kappa shape index (κ2) is 10.6. The Morgan fingerprint density at radius 3 is 1.46 bits per heavy atom. The number of hydrogen-bond acceptors (Lipinski definition) is 6. The van der Waals surface area contributed by atoms with Gasteiger partial charge in [0.2, 0.25) is 0 Å². The third kappa shape index (κ3) is 9.05. The summed E-state index contributed by atoms with van der Waals surface area (Å²) >= 11 is 0. The number of rotatable bonds is 0. The molecule has 0 saturated carbocycles. The van der Waals surface area contributed by atoms with E-state index in [0.717, 1.165) is 0 Å². The first kappa shape index (κ1) is 13.2. The maximum Gasteiger partial charge on any atom is 0.00454 e. The normalized spacial score (nSPS) is 24.0. The van der Waals surface area contributed by atoms with Crippen LogP contribution in [0.15, 0.2) is 0 Å². The van der Waals surface area contributed by atoms with Gasteiger partial charge in [0.1, 0.15) is 0 Å². The summed E-state index contributed by atoms with van der Waals surface area (Å²) in [6, 6.07) is 0. The van der Waals surface area contributed by atoms with Crippen molar-refractivity contribution >= 4 is 60.9 Å². The zero-order valence-electron chi connectivity index (χ0n) is 7.40. The van der Waals surface area contributed by atoms with Crippen molar-refractivity contribution < 1.29 is 0 Å². The average Bonchev–Trinajstić information content (AvgIpc) is 2.18. The van der Waals surface area contributed by atoms with Gasteiger partial charge in [-0.3, -0.25) is 0 Å². The monoisotopic (exact) mass is 290 g/mol. The lowest BCUT2D eigenvalue weighted by atomic mass is 10.2. The van der Waals surface area contributed by atoms with Gasteiger partial charge >= 0.3 is 0 Å². The summed E-state index contributed by atoms with van der Waals surface area (Å²) in [4.78, 5) is 0. The predicted octanol–water partition coefficient (Wildman–Crippen LogP) is 5.92. The molecule has 1 heterocycles. The van der Waals surface area contributed by atoms with Crippen molar-refractivity contribution in [2.45, 2.75) is 32.1 Å². The van der Waals surface area contributed by atoms with Gasteiger partial charge in [-0.2, -0.15) is 0 Å². The molecule has 0 aromatic carbocycles. The molecule has 1 saturated heterocycles. The molecule has 0 atom stereocenters. The Morgan fingerprint density at radius 1 is 0.462 bits per heavy atom. The highest BCUT2D eigenvalue weighted by molar-refractivity contribution is 9.41. The third-order valence-electron chi connectivity index (χ3n) is 1.63. The highest BCUT2D eigenvalue weighted by atomic mass is 33.9. The van der Waals surface area contributed by atoms with Gasteiger partial charge in [0, 0.05) is 11.5 Å². The van der Waals surface area contributed by atoms with Crippen molar-refractivity contribution in [3.63, 3.8) is 0 Å². The van der Waals surface area contributed by atoms with E-state index in [2.05, 4.69) is 0 Å². The van der Waals surface area contributed by atoms with E-state index in [9.17, 15) is 0 Å². The Balaban J connectivity index is 2.01. The molecule has 1 aliphatic heterocycles. The van der Waals surface area contributed by atoms with Crippen LogP contribution in [0.1, 0.15) is 32.1 Å². The van der Waals surface area contributed by atoms with Gasteiger partial charge in [-0.05, 0) is 52.1 Å². The molecule has 0 N–H and O–H groups in total. The maximum atomic E-state index is 2.01. The Kier molecular flexibility index (Phi) is 10.7. The van der Waals surface area contributed by atoms with Crippen molar-refractivity contribution in [1.82, 2.24) is 0 Å². The smallest absolute Gasteiger partial charge is 0.00454 e. The molecule has 1 rings (SSSR count). The standard InChI is InChI=1S/C7H14S6/c1-2-4-6-8-10-12-13-11-9-7-5-3-1/h1-7H2. The molecule has 13 heavy (non-hydrogen) atoms. The third-order valence-corrected chi connectivity index (χ3v) is 12.7. The van der Waals surface area contributed by atoms with Crippen LogP contribution in [0.5, 0.6) is 0 Å². The summed E-state index contributed by atoms with van der Waals surface area (Å²) in [7, 11) is 11.7. The molecule has 1 fully saturated rings. The summed E-state index contributed by atoms with van der Waals surface area (Å²) < 4.78 is 0. The summed E-state index contributed by atoms with van der Waals surface area (Å²) in [6.45, 7) is 0. The zero-order chi connectivity index (χ0) is 9.19. The van der Waals surface area contributed by atoms with Gasteiger partial charge in [-0.1, -0.05) is 40.9 Å². The van der Waals surface area contributed by atoms with Crippen molar-refractivity contribution in [3.8, 4) is 0 Å². The van der Waals surface area contributed by atoms with E-state index in [-0.39, 0.29) is 0 Å². The molecule has 0 spiro atoms. The summed E-state index contributed by atoms with van der Waals surface area (Å²) in [5, 5.41) is 0. The van der Waals surface area contributed by atoms with Crippen LogP contribution < -0.4 is 0 Å². The van der Waals surface area contributed by atoms with Gasteiger partial charge in [0.15, 0.2) is 0 Å². The van der Waals surface area contributed by atoms with Gasteiger partial charge in [-0.25, -0.2) is 0 Å². The molecule has 0 amide bonds. The molecular formula is C7H14S6. The average molecular weight is 291 g/mol. The van der Waals surface area contributed by atoms with Crippen molar-refractivity contribution in [2.75, 3.05) is 11.5 Å². The molecule has 0 bridgehead atoms. The van der Waals surface area contributed by atoms with E-state index >= 15 is 0 Å². The van der Waals surface area contributed by atoms with E-state index in [0.29, 0.717) is 0 Å². The molecule has 0 radical (unpaired) electrons. The fourth-order valence-electron chi connectivity index (χ4n) is 0.982. The fraction of sp³-hybridized carbons (Fsp3) is 1.00. The van der Waals surface area contributed by atoms with Crippen LogP contribution >= 0.6 is 60.9 Å². The summed E-state index contributed by atoms with van der Waals surface area (Å²) in [6.07, 6.45) is 7.12. The molecular weight excluding hydrogens is 276 g/mol. The minimum atomic E-state index is 1.33. The van der Waals surface area contributed by atoms with Crippen LogP contribution in [0.3, 0.4) is 0 Å². The van der Waals surface area contributed by atoms with Crippen LogP contribution in [0.4, 0.5) is 0 Å². The van der Waals surface area contributed by atoms with Crippen LogP contribution in [0.2, 0.25) is 0 Å². The minimum absolute atomic E-state index is 1.33. The van der Waals surface area contributed by atoms with Crippen LogP contribution in [0, 0.1) is 0 Å². The second-order valence-corrected chi connectivity index (χ2v) is 12.5. The first-order valence-corrected chi connectivity index (χ1v) is 12.2. The molecule has 0 unspecified atom stereocenters. The number of hydrogen-bond donors (Lipinski definition) is 0. The van der Waals surface area contributed by atoms with Crippen molar-refractivity contribution in [2.24, 2.45) is 0 Å². The van der Waals surface area contributed by atoms with Gasteiger partial charge in [-0.15, -0.1) is 0 Å². The van der Waals surface area contributed by atoms with E-state index in [1.54, 1.807) is 0 Å². The first-order chi connectivity index (χ1) is 6.50. The Morgan fingerprint density at radius 2 is 0.923 bits per heavy atom. The quantitative estimate of drug-likeness (QED) is 0.504. The van der Waals surface area contributed by atoms with Crippen molar-refractivity contribution in [1.29, 1.82) is 0 Å². The summed E-state index contributed by atoms with van der Waals surface area (Å²) in [5.74, 6) is 2.66. The SMILES string of the molecule is C1CCCSSSSSSCCC1. The van der Waals surface area contributed by atoms with E-state index < -0.39 is 0 Å². The topological polar surface area (TPSA) is 0 Å². The molecule has 6 heteroatoms. The first-order valence-electron chi connectivity index (χ1n) is 4.41. The second-order valence-electron chi connectivity index (χ2n) is 2.68.